The van der Waals surface area contributed by atoms with Crippen LogP contribution in [0, 0.1) is 11.8 Å². The molecule has 1 aliphatic rings. The van der Waals surface area contributed by atoms with Crippen LogP contribution in [0.5, 0.6) is 0 Å². The number of fused-ring (bicyclic) bond motifs is 3. The van der Waals surface area contributed by atoms with Gasteiger partial charge in [-0.15, -0.1) is 0 Å². The van der Waals surface area contributed by atoms with Crippen molar-refractivity contribution in [2.75, 3.05) is 0 Å². The molecule has 3 rings (SSSR count). The van der Waals surface area contributed by atoms with Gasteiger partial charge >= 0.3 is 0 Å². The van der Waals surface area contributed by atoms with Crippen molar-refractivity contribution in [2.24, 2.45) is 5.84 Å². The molecule has 1 aromatic heterocycles. The summed E-state index contributed by atoms with van der Waals surface area (Å²) >= 11 is 0. The van der Waals surface area contributed by atoms with Crippen molar-refractivity contribution in [3.05, 3.63) is 53.3 Å². The Morgan fingerprint density at radius 1 is 1.33 bits per heavy atom. The smallest absolute Gasteiger partial charge is 0.239 e. The fourth-order valence-corrected chi connectivity index (χ4v) is 2.58. The molecule has 104 valence electrons. The number of carbonyl (C=O) groups excluding carboxylic acids is 1. The van der Waals surface area contributed by atoms with Crippen molar-refractivity contribution >= 4 is 5.91 Å². The van der Waals surface area contributed by atoms with Gasteiger partial charge in [-0.25, -0.2) is 5.84 Å². The summed E-state index contributed by atoms with van der Waals surface area (Å²) in [7, 11) is 0. The number of aromatic nitrogens is 1. The predicted molar refractivity (Wildman–Crippen MR) is 80.9 cm³/mol. The minimum absolute atomic E-state index is 0.148. The van der Waals surface area contributed by atoms with Crippen LogP contribution in [0.25, 0.3) is 11.1 Å². The fourth-order valence-electron chi connectivity index (χ4n) is 2.58. The molecule has 1 heterocycles. The molecule has 0 unspecified atom stereocenters. The van der Waals surface area contributed by atoms with Gasteiger partial charge in [0.05, 0.1) is 12.1 Å². The Hall–Kier alpha value is -2.64. The first-order valence-corrected chi connectivity index (χ1v) is 6.84. The third kappa shape index (κ3) is 2.64. The maximum absolute atomic E-state index is 11.6. The molecule has 0 bridgehead atoms. The second kappa shape index (κ2) is 5.78. The zero-order valence-corrected chi connectivity index (χ0v) is 11.5. The molecule has 0 spiro atoms. The SMILES string of the molecule is NNC(=O)Cc1nccc2c1-c1ccccc1CCC#C2. The molecule has 0 fully saturated rings. The zero-order valence-electron chi connectivity index (χ0n) is 11.5. The topological polar surface area (TPSA) is 68.0 Å². The number of benzene rings is 1. The number of rotatable bonds is 2. The fraction of sp³-hybridized carbons (Fsp3) is 0.176. The first kappa shape index (κ1) is 13.3. The van der Waals surface area contributed by atoms with E-state index in [0.717, 1.165) is 29.5 Å². The van der Waals surface area contributed by atoms with Gasteiger partial charge in [0.2, 0.25) is 5.91 Å². The van der Waals surface area contributed by atoms with E-state index in [0.29, 0.717) is 5.69 Å². The van der Waals surface area contributed by atoms with E-state index in [2.05, 4.69) is 34.4 Å². The van der Waals surface area contributed by atoms with Crippen molar-refractivity contribution in [3.63, 3.8) is 0 Å². The van der Waals surface area contributed by atoms with Gasteiger partial charge in [-0.2, -0.15) is 0 Å². The summed E-state index contributed by atoms with van der Waals surface area (Å²) in [5.74, 6) is 11.3. The maximum atomic E-state index is 11.6. The maximum Gasteiger partial charge on any atom is 0.239 e. The number of amides is 1. The number of carbonyl (C=O) groups is 1. The monoisotopic (exact) mass is 277 g/mol. The van der Waals surface area contributed by atoms with Crippen molar-refractivity contribution in [2.45, 2.75) is 19.3 Å². The van der Waals surface area contributed by atoms with Crippen molar-refractivity contribution in [1.82, 2.24) is 10.4 Å². The highest BCUT2D eigenvalue weighted by atomic mass is 16.2. The van der Waals surface area contributed by atoms with Gasteiger partial charge in [0.1, 0.15) is 0 Å². The van der Waals surface area contributed by atoms with Gasteiger partial charge in [-0.3, -0.25) is 15.2 Å². The molecule has 0 aliphatic heterocycles. The lowest BCUT2D eigenvalue weighted by Gasteiger charge is -2.15. The van der Waals surface area contributed by atoms with Crippen LogP contribution in [0.1, 0.15) is 23.2 Å². The third-order valence-corrected chi connectivity index (χ3v) is 3.55. The summed E-state index contributed by atoms with van der Waals surface area (Å²) in [4.78, 5) is 16.0. The van der Waals surface area contributed by atoms with E-state index in [1.165, 1.54) is 5.56 Å². The second-order valence-corrected chi connectivity index (χ2v) is 4.88. The molecule has 0 radical (unpaired) electrons. The van der Waals surface area contributed by atoms with E-state index >= 15 is 0 Å². The summed E-state index contributed by atoms with van der Waals surface area (Å²) in [6, 6.07) is 10.1. The summed E-state index contributed by atoms with van der Waals surface area (Å²) in [5, 5.41) is 0. The van der Waals surface area contributed by atoms with Crippen molar-refractivity contribution in [3.8, 4) is 23.0 Å². The Bertz CT molecular complexity index is 756. The number of pyridine rings is 1. The Morgan fingerprint density at radius 2 is 2.19 bits per heavy atom. The summed E-state index contributed by atoms with van der Waals surface area (Å²) < 4.78 is 0. The minimum atomic E-state index is -0.261. The molecule has 1 amide bonds. The lowest BCUT2D eigenvalue weighted by Crippen LogP contribution is -2.31. The molecular formula is C17H15N3O. The lowest BCUT2D eigenvalue weighted by molar-refractivity contribution is -0.120. The molecule has 2 aromatic rings. The Labute approximate surface area is 123 Å². The normalized spacial score (nSPS) is 12.0. The third-order valence-electron chi connectivity index (χ3n) is 3.55. The average Bonchev–Trinajstić information content (AvgIpc) is 2.49. The number of nitrogens with one attached hydrogen (secondary N) is 1. The van der Waals surface area contributed by atoms with Gasteiger partial charge in [-0.05, 0) is 23.6 Å². The van der Waals surface area contributed by atoms with Crippen molar-refractivity contribution in [1.29, 1.82) is 0 Å². The van der Waals surface area contributed by atoms with Crippen LogP contribution in [-0.4, -0.2) is 10.9 Å². The van der Waals surface area contributed by atoms with Gasteiger partial charge < -0.3 is 0 Å². The molecule has 0 atom stereocenters. The molecule has 1 aromatic carbocycles. The van der Waals surface area contributed by atoms with Crippen molar-refractivity contribution < 1.29 is 4.79 Å². The predicted octanol–water partition coefficient (Wildman–Crippen LogP) is 1.58. The number of hydrogen-bond acceptors (Lipinski definition) is 3. The molecule has 21 heavy (non-hydrogen) atoms. The molecular weight excluding hydrogens is 262 g/mol. The molecule has 4 heteroatoms. The number of nitrogens with zero attached hydrogens (tertiary/aromatic N) is 1. The zero-order chi connectivity index (χ0) is 14.7. The van der Waals surface area contributed by atoms with Crippen LogP contribution in [0.4, 0.5) is 0 Å². The van der Waals surface area contributed by atoms with Crippen LogP contribution >= 0.6 is 0 Å². The summed E-state index contributed by atoms with van der Waals surface area (Å²) in [6.45, 7) is 0. The Kier molecular flexibility index (Phi) is 3.67. The lowest BCUT2D eigenvalue weighted by atomic mass is 9.90. The van der Waals surface area contributed by atoms with Crippen LogP contribution in [0.15, 0.2) is 36.5 Å². The Morgan fingerprint density at radius 3 is 3.05 bits per heavy atom. The minimum Gasteiger partial charge on any atom is -0.294 e. The highest BCUT2D eigenvalue weighted by molar-refractivity contribution is 5.83. The quantitative estimate of drug-likeness (QED) is 0.379. The van der Waals surface area contributed by atoms with Gasteiger partial charge in [-0.1, -0.05) is 36.1 Å². The summed E-state index contributed by atoms with van der Waals surface area (Å²) in [6.07, 6.45) is 3.57. The first-order valence-electron chi connectivity index (χ1n) is 6.84. The van der Waals surface area contributed by atoms with E-state index < -0.39 is 0 Å². The molecule has 3 N–H and O–H groups in total. The van der Waals surface area contributed by atoms with E-state index in [1.54, 1.807) is 6.20 Å². The molecule has 1 aliphatic carbocycles. The van der Waals surface area contributed by atoms with E-state index in [9.17, 15) is 4.79 Å². The van der Waals surface area contributed by atoms with Gasteiger partial charge in [0, 0.05) is 23.7 Å². The van der Waals surface area contributed by atoms with E-state index in [4.69, 9.17) is 5.84 Å². The highest BCUT2D eigenvalue weighted by Gasteiger charge is 2.17. The van der Waals surface area contributed by atoms with E-state index in [-0.39, 0.29) is 12.3 Å². The Balaban J connectivity index is 2.22. The largest absolute Gasteiger partial charge is 0.294 e. The second-order valence-electron chi connectivity index (χ2n) is 4.88. The molecule has 0 saturated carbocycles. The highest BCUT2D eigenvalue weighted by Crippen LogP contribution is 2.31. The number of nitrogens with two attached hydrogens (primary N) is 1. The van der Waals surface area contributed by atoms with Crippen LogP contribution in [0.3, 0.4) is 0 Å². The van der Waals surface area contributed by atoms with Crippen LogP contribution in [-0.2, 0) is 17.6 Å². The number of hydrogen-bond donors (Lipinski definition) is 2. The standard InChI is InChI=1S/C17H15N3O/c18-20-16(21)11-15-17-13(9-10-19-15)7-2-1-5-12-6-3-4-8-14(12)17/h3-4,6,8-10H,1,5,11,18H2,(H,20,21). The van der Waals surface area contributed by atoms with Gasteiger partial charge in [0.25, 0.3) is 0 Å². The number of hydrazine groups is 1. The van der Waals surface area contributed by atoms with E-state index in [1.807, 2.05) is 18.2 Å². The number of aryl methyl sites for hydroxylation is 1. The molecule has 4 nitrogen and oxygen atoms in total. The van der Waals surface area contributed by atoms with Crippen LogP contribution in [0.2, 0.25) is 0 Å². The average molecular weight is 277 g/mol. The van der Waals surface area contributed by atoms with Gasteiger partial charge in [0.15, 0.2) is 0 Å². The first-order chi connectivity index (χ1) is 10.3. The summed E-state index contributed by atoms with van der Waals surface area (Å²) in [5.41, 5.74) is 7.06. The van der Waals surface area contributed by atoms with Crippen LogP contribution < -0.4 is 11.3 Å². The molecule has 0 saturated heterocycles.